The monoisotopic (exact) mass is 399 g/mol. The molecule has 9 heteroatoms. The molecule has 2 rings (SSSR count). The molecule has 1 aliphatic rings. The summed E-state index contributed by atoms with van der Waals surface area (Å²) < 4.78 is 2.79. The number of guanidine groups is 1. The van der Waals surface area contributed by atoms with Gasteiger partial charge in [0, 0.05) is 25.2 Å². The maximum atomic E-state index is 11.3. The van der Waals surface area contributed by atoms with Gasteiger partial charge in [-0.1, -0.05) is 33.6 Å². The lowest BCUT2D eigenvalue weighted by Gasteiger charge is -1.99. The van der Waals surface area contributed by atoms with Crippen LogP contribution in [0.3, 0.4) is 0 Å². The van der Waals surface area contributed by atoms with Crippen molar-refractivity contribution in [3.05, 3.63) is 28.8 Å². The van der Waals surface area contributed by atoms with Gasteiger partial charge in [0.15, 0.2) is 0 Å². The topological polar surface area (TPSA) is 76.6 Å². The lowest BCUT2D eigenvalue weighted by atomic mass is 10.2. The Balaban J connectivity index is 2.40. The number of carbonyl (C=O) groups is 2. The number of nitrogens with one attached hydrogen (secondary N) is 2. The second-order valence-corrected chi connectivity index (χ2v) is 5.67. The Bertz CT molecular complexity index is 724. The van der Waals surface area contributed by atoms with Crippen LogP contribution < -0.4 is 10.9 Å². The number of benzene rings is 1. The van der Waals surface area contributed by atoms with Crippen LogP contribution in [0, 0.1) is 0 Å². The second kappa shape index (κ2) is 7.47. The largest absolute Gasteiger partial charge is 0.633 e. The smallest absolute Gasteiger partial charge is 0.271 e. The normalized spacial score (nSPS) is 13.3. The van der Waals surface area contributed by atoms with Crippen LogP contribution >= 0.6 is 27.5 Å². The quantitative estimate of drug-likeness (QED) is 0.594. The van der Waals surface area contributed by atoms with Gasteiger partial charge < -0.3 is 0 Å². The summed E-state index contributed by atoms with van der Waals surface area (Å²) in [5, 5.41) is 1.15. The van der Waals surface area contributed by atoms with E-state index in [1.165, 1.54) is 23.2 Å². The van der Waals surface area contributed by atoms with Crippen LogP contribution in [-0.4, -0.2) is 39.6 Å². The predicted molar refractivity (Wildman–Crippen MR) is 91.5 cm³/mol. The summed E-state index contributed by atoms with van der Waals surface area (Å²) in [5.74, 6) is -0.246. The van der Waals surface area contributed by atoms with Gasteiger partial charge >= 0.3 is 5.96 Å². The van der Waals surface area contributed by atoms with Crippen molar-refractivity contribution in [1.82, 2.24) is 10.9 Å². The van der Waals surface area contributed by atoms with Crippen molar-refractivity contribution >= 4 is 63.4 Å². The highest BCUT2D eigenvalue weighted by Crippen LogP contribution is 2.27. The van der Waals surface area contributed by atoms with Crippen LogP contribution in [0.4, 0.5) is 5.69 Å². The minimum absolute atomic E-state index is 0.271. The van der Waals surface area contributed by atoms with Crippen LogP contribution in [0.2, 0.25) is 5.02 Å². The van der Waals surface area contributed by atoms with Crippen molar-refractivity contribution in [2.24, 2.45) is 4.99 Å². The van der Waals surface area contributed by atoms with E-state index in [2.05, 4.69) is 31.8 Å². The van der Waals surface area contributed by atoms with Gasteiger partial charge in [0.1, 0.15) is 5.02 Å². The van der Waals surface area contributed by atoms with Gasteiger partial charge in [-0.05, 0) is 21.0 Å². The average Bonchev–Trinajstić information content (AvgIpc) is 2.82. The zero-order valence-corrected chi connectivity index (χ0v) is 14.8. The number of hydrogen-bond acceptors (Lipinski definition) is 3. The first-order chi connectivity index (χ1) is 10.9. The number of rotatable bonds is 4. The molecule has 0 spiro atoms. The summed E-state index contributed by atoms with van der Waals surface area (Å²) >= 11 is 9.60. The molecular formula is C14H15BrClN5O2+2. The Morgan fingerprint density at radius 1 is 1.17 bits per heavy atom. The zero-order valence-electron chi connectivity index (χ0n) is 12.5. The Kier molecular flexibility index (Phi) is 5.62. The van der Waals surface area contributed by atoms with E-state index in [9.17, 15) is 9.59 Å². The number of aliphatic imine (C=N–C) groups is 1. The first-order valence-electron chi connectivity index (χ1n) is 6.65. The molecule has 0 unspecified atom stereocenters. The Hall–Kier alpha value is -2.06. The maximum absolute atomic E-state index is 11.3. The van der Waals surface area contributed by atoms with Crippen molar-refractivity contribution < 1.29 is 19.0 Å². The van der Waals surface area contributed by atoms with E-state index in [0.29, 0.717) is 22.0 Å². The molecule has 2 amide bonds. The van der Waals surface area contributed by atoms with Gasteiger partial charge in [0.25, 0.3) is 11.8 Å². The number of nitrogens with zero attached hydrogens (tertiary/aromatic N) is 3. The molecule has 1 aliphatic heterocycles. The Morgan fingerprint density at radius 2 is 1.74 bits per heavy atom. The van der Waals surface area contributed by atoms with E-state index in [-0.39, 0.29) is 11.8 Å². The van der Waals surface area contributed by atoms with Gasteiger partial charge in [-0.25, -0.2) is 0 Å². The molecular weight excluding hydrogens is 386 g/mol. The van der Waals surface area contributed by atoms with Gasteiger partial charge in [-0.3, -0.25) is 9.59 Å². The van der Waals surface area contributed by atoms with Crippen LogP contribution in [0.1, 0.15) is 19.4 Å². The summed E-state index contributed by atoms with van der Waals surface area (Å²) in [6.07, 6.45) is 3.13. The van der Waals surface area contributed by atoms with Crippen LogP contribution in [-0.2, 0) is 14.9 Å². The Labute approximate surface area is 146 Å². The number of hydrogen-bond donors (Lipinski definition) is 2. The number of halogens is 2. The van der Waals surface area contributed by atoms with E-state index < -0.39 is 0 Å². The van der Waals surface area contributed by atoms with Crippen LogP contribution in [0.25, 0.3) is 0 Å². The van der Waals surface area contributed by atoms with Gasteiger partial charge in [-0.15, -0.1) is 0 Å². The van der Waals surface area contributed by atoms with Crippen LogP contribution in [0.15, 0.2) is 23.2 Å². The standard InChI is InChI=1S/C14H13BrClN5O2/c1-9(22)18-20-5-6-21(19-10(2)23)14(20)17-13-4-3-11(8-15)7-12(13)16/h3-7H,8H2,1-2H3/p+2. The van der Waals surface area contributed by atoms with Gasteiger partial charge in [-0.2, -0.15) is 10.9 Å². The first-order valence-corrected chi connectivity index (χ1v) is 8.15. The van der Waals surface area contributed by atoms with E-state index in [1.54, 1.807) is 24.6 Å². The number of hydrazone groups is 2. The van der Waals surface area contributed by atoms with E-state index >= 15 is 0 Å². The molecule has 120 valence electrons. The Morgan fingerprint density at radius 3 is 2.17 bits per heavy atom. The lowest BCUT2D eigenvalue weighted by Crippen LogP contribution is -2.44. The summed E-state index contributed by atoms with van der Waals surface area (Å²) in [5.41, 5.74) is 6.71. The molecule has 0 fully saturated rings. The van der Waals surface area contributed by atoms with Crippen molar-refractivity contribution in [2.45, 2.75) is 19.2 Å². The number of hydrazine groups is 2. The minimum Gasteiger partial charge on any atom is -0.271 e. The van der Waals surface area contributed by atoms with Crippen molar-refractivity contribution in [3.63, 3.8) is 0 Å². The molecule has 0 bridgehead atoms. The summed E-state index contributed by atoms with van der Waals surface area (Å²) in [4.78, 5) is 27.0. The maximum Gasteiger partial charge on any atom is 0.633 e. The SMILES string of the molecule is CC(=O)N[N+]1=CC=[N+](NC(C)=O)C1=Nc1ccc(CBr)cc1Cl. The first kappa shape index (κ1) is 17.3. The minimum atomic E-state index is -0.271. The molecule has 0 radical (unpaired) electrons. The molecule has 1 aromatic rings. The number of amides is 2. The summed E-state index contributed by atoms with van der Waals surface area (Å²) in [6, 6.07) is 5.44. The second-order valence-electron chi connectivity index (χ2n) is 4.71. The fourth-order valence-electron chi connectivity index (χ4n) is 1.84. The molecule has 0 saturated heterocycles. The molecule has 2 N–H and O–H groups in total. The third-order valence-electron chi connectivity index (χ3n) is 2.74. The van der Waals surface area contributed by atoms with E-state index in [1.807, 2.05) is 6.07 Å². The van der Waals surface area contributed by atoms with E-state index in [0.717, 1.165) is 5.56 Å². The summed E-state index contributed by atoms with van der Waals surface area (Å²) in [6.45, 7) is 2.76. The van der Waals surface area contributed by atoms with Crippen LogP contribution in [0.5, 0.6) is 0 Å². The predicted octanol–water partition coefficient (Wildman–Crippen LogP) is 1.50. The molecule has 1 heterocycles. The summed E-state index contributed by atoms with van der Waals surface area (Å²) in [7, 11) is 0. The van der Waals surface area contributed by atoms with Gasteiger partial charge in [0.2, 0.25) is 18.1 Å². The highest BCUT2D eigenvalue weighted by atomic mass is 79.9. The molecule has 23 heavy (non-hydrogen) atoms. The highest BCUT2D eigenvalue weighted by Gasteiger charge is 2.37. The number of alkyl halides is 1. The molecule has 0 atom stereocenters. The van der Waals surface area contributed by atoms with Crippen molar-refractivity contribution in [1.29, 1.82) is 0 Å². The van der Waals surface area contributed by atoms with Crippen molar-refractivity contribution in [2.75, 3.05) is 0 Å². The molecule has 0 aliphatic carbocycles. The highest BCUT2D eigenvalue weighted by molar-refractivity contribution is 9.08. The van der Waals surface area contributed by atoms with E-state index in [4.69, 9.17) is 11.6 Å². The lowest BCUT2D eigenvalue weighted by molar-refractivity contribution is -0.580. The molecule has 0 saturated carbocycles. The third-order valence-corrected chi connectivity index (χ3v) is 3.69. The molecule has 0 aromatic heterocycles. The van der Waals surface area contributed by atoms with Crippen molar-refractivity contribution in [3.8, 4) is 0 Å². The third kappa shape index (κ3) is 4.46. The zero-order chi connectivity index (χ0) is 17.0. The average molecular weight is 401 g/mol. The fourth-order valence-corrected chi connectivity index (χ4v) is 2.43. The molecule has 1 aromatic carbocycles. The fraction of sp³-hybridized carbons (Fsp3) is 0.214. The van der Waals surface area contributed by atoms with Gasteiger partial charge in [0.05, 0.1) is 4.99 Å². The number of carbonyl (C=O) groups excluding carboxylic acids is 2. The molecule has 7 nitrogen and oxygen atoms in total.